The van der Waals surface area contributed by atoms with Crippen molar-refractivity contribution in [2.75, 3.05) is 0 Å². The number of rotatable bonds is 0. The molecule has 0 aromatic carbocycles. The maximum absolute atomic E-state index is 9.26. The molecule has 0 atom stereocenters. The van der Waals surface area contributed by atoms with E-state index in [1.807, 2.05) is 0 Å². The van der Waals surface area contributed by atoms with Crippen LogP contribution in [0.2, 0.25) is 0 Å². The molecule has 0 radical (unpaired) electrons. The molecule has 1 fully saturated rings. The van der Waals surface area contributed by atoms with Crippen LogP contribution in [0.4, 0.5) is 0 Å². The SMILES string of the molecule is [BaH2].[O-][N+]1(O)OO1. The molecule has 6 heavy (non-hydrogen) atoms. The van der Waals surface area contributed by atoms with Crippen LogP contribution in [0.3, 0.4) is 0 Å². The Balaban J connectivity index is 0.000000250. The Kier molecular flexibility index (Phi) is 2.57. The number of quaternary nitrogens is 1. The normalized spacial score (nSPS) is 25.0. The van der Waals surface area contributed by atoms with Crippen molar-refractivity contribution in [3.63, 3.8) is 0 Å². The summed E-state index contributed by atoms with van der Waals surface area (Å²) in [5.74, 6) is 0. The summed E-state index contributed by atoms with van der Waals surface area (Å²) < 4.78 is 0. The summed E-state index contributed by atoms with van der Waals surface area (Å²) in [5.41, 5.74) is 0. The second-order valence-electron chi connectivity index (χ2n) is 0.618. The summed E-state index contributed by atoms with van der Waals surface area (Å²) in [7, 11) is 0. The minimum Gasteiger partial charge on any atom is -0.523 e. The third-order valence-electron chi connectivity index (χ3n) is 0.202. The first-order valence-corrected chi connectivity index (χ1v) is 0.914. The van der Waals surface area contributed by atoms with Crippen molar-refractivity contribution in [3.8, 4) is 0 Å². The van der Waals surface area contributed by atoms with E-state index >= 15 is 0 Å². The van der Waals surface area contributed by atoms with Crippen LogP contribution in [0, 0.1) is 5.21 Å². The molecule has 0 aromatic rings. The van der Waals surface area contributed by atoms with E-state index in [0.717, 1.165) is 0 Å². The van der Waals surface area contributed by atoms with E-state index in [4.69, 9.17) is 5.21 Å². The van der Waals surface area contributed by atoms with Crippen LogP contribution in [0.15, 0.2) is 0 Å². The molecule has 0 spiro atoms. The van der Waals surface area contributed by atoms with Crippen molar-refractivity contribution in [3.05, 3.63) is 5.21 Å². The van der Waals surface area contributed by atoms with Gasteiger partial charge in [0.15, 0.2) is 5.14 Å². The smallest absolute Gasteiger partial charge is 0.154 e. The van der Waals surface area contributed by atoms with Crippen molar-refractivity contribution in [1.82, 2.24) is 0 Å². The molecular weight excluding hydrogens is 215 g/mol. The van der Waals surface area contributed by atoms with Crippen LogP contribution >= 0.6 is 0 Å². The molecule has 0 amide bonds. The maximum Gasteiger partial charge on any atom is 0.154 e. The molecule has 0 bridgehead atoms. The monoisotopic (exact) mass is 219 g/mol. The van der Waals surface area contributed by atoms with Gasteiger partial charge in [0.2, 0.25) is 0 Å². The van der Waals surface area contributed by atoms with Gasteiger partial charge in [0.25, 0.3) is 0 Å². The van der Waals surface area contributed by atoms with E-state index in [9.17, 15) is 5.21 Å². The quantitative estimate of drug-likeness (QED) is 0.178. The third kappa shape index (κ3) is 2.53. The van der Waals surface area contributed by atoms with Gasteiger partial charge in [-0.05, 0) is 0 Å². The van der Waals surface area contributed by atoms with Crippen LogP contribution in [-0.2, 0) is 9.98 Å². The Morgan fingerprint density at radius 3 is 1.67 bits per heavy atom. The average Bonchev–Trinajstić information content (AvgIpc) is 1.76. The zero-order valence-electron chi connectivity index (χ0n) is 2.12. The summed E-state index contributed by atoms with van der Waals surface area (Å²) in [6.45, 7) is 0. The van der Waals surface area contributed by atoms with Gasteiger partial charge in [0.05, 0.1) is 0 Å². The van der Waals surface area contributed by atoms with Crippen LogP contribution in [0.1, 0.15) is 0 Å². The molecule has 0 aliphatic carbocycles. The zero-order chi connectivity index (χ0) is 3.91. The van der Waals surface area contributed by atoms with Crippen molar-refractivity contribution in [2.24, 2.45) is 0 Å². The standard InChI is InChI=1S/Ba.HNO4.2H/c;2-1(3)4-5-1;;/h;2H;;. The second-order valence-corrected chi connectivity index (χ2v) is 0.618. The van der Waals surface area contributed by atoms with E-state index in [-0.39, 0.29) is 48.9 Å². The summed E-state index contributed by atoms with van der Waals surface area (Å²) in [6, 6.07) is 0. The number of hydrogen-bond donors (Lipinski definition) is 1. The first kappa shape index (κ1) is 7.37. The Morgan fingerprint density at radius 2 is 1.67 bits per heavy atom. The summed E-state index contributed by atoms with van der Waals surface area (Å²) in [6.07, 6.45) is 0. The van der Waals surface area contributed by atoms with Gasteiger partial charge in [-0.15, -0.1) is 5.21 Å². The molecule has 1 heterocycles. The van der Waals surface area contributed by atoms with Gasteiger partial charge in [0, 0.05) is 0 Å². The third-order valence-corrected chi connectivity index (χ3v) is 0.202. The first-order valence-electron chi connectivity index (χ1n) is 0.914. The van der Waals surface area contributed by atoms with E-state index < -0.39 is 5.14 Å². The predicted octanol–water partition coefficient (Wildman–Crippen LogP) is -1.43. The fraction of sp³-hybridized carbons (Fsp3) is 0. The molecule has 5 nitrogen and oxygen atoms in total. The topological polar surface area (TPSA) is 68.3 Å². The van der Waals surface area contributed by atoms with E-state index in [0.29, 0.717) is 0 Å². The van der Waals surface area contributed by atoms with Gasteiger partial charge in [-0.2, -0.15) is 0 Å². The molecule has 1 N–H and O–H groups in total. The Bertz CT molecular complexity index is 45.5. The van der Waals surface area contributed by atoms with Crippen molar-refractivity contribution in [2.45, 2.75) is 0 Å². The van der Waals surface area contributed by atoms with Crippen LogP contribution in [-0.4, -0.2) is 59.2 Å². The molecule has 1 aliphatic heterocycles. The summed E-state index contributed by atoms with van der Waals surface area (Å²) >= 11 is 0. The largest absolute Gasteiger partial charge is 0.523 e. The predicted molar refractivity (Wildman–Crippen MR) is 16.1 cm³/mol. The molecule has 0 saturated carbocycles. The second kappa shape index (κ2) is 2.09. The van der Waals surface area contributed by atoms with Crippen molar-refractivity contribution in [1.29, 1.82) is 0 Å². The average molecular weight is 218 g/mol. The Labute approximate surface area is 73.5 Å². The Morgan fingerprint density at radius 1 is 1.50 bits per heavy atom. The maximum atomic E-state index is 9.26. The molecule has 0 aromatic heterocycles. The number of hydrogen-bond acceptors (Lipinski definition) is 4. The van der Waals surface area contributed by atoms with E-state index in [2.05, 4.69) is 9.98 Å². The first-order chi connectivity index (χ1) is 2.21. The van der Waals surface area contributed by atoms with Gasteiger partial charge < -0.3 is 5.21 Å². The van der Waals surface area contributed by atoms with Gasteiger partial charge in [-0.25, -0.2) is 0 Å². The number of nitrogens with zero attached hydrogens (tertiary/aromatic N) is 1. The minimum absolute atomic E-state index is 0. The van der Waals surface area contributed by atoms with Gasteiger partial charge in [-0.1, -0.05) is 0 Å². The van der Waals surface area contributed by atoms with Crippen molar-refractivity contribution >= 4 is 48.9 Å². The van der Waals surface area contributed by atoms with Gasteiger partial charge in [0.1, 0.15) is 9.98 Å². The fourth-order valence-electron chi connectivity index (χ4n) is 0.0285. The molecule has 0 unspecified atom stereocenters. The van der Waals surface area contributed by atoms with Crippen LogP contribution in [0.5, 0.6) is 0 Å². The summed E-state index contributed by atoms with van der Waals surface area (Å²) in [5, 5.41) is 14.8. The molecule has 1 rings (SSSR count). The van der Waals surface area contributed by atoms with Gasteiger partial charge in [-0.3, -0.25) is 0 Å². The van der Waals surface area contributed by atoms with E-state index in [1.54, 1.807) is 0 Å². The van der Waals surface area contributed by atoms with Crippen LogP contribution in [0.25, 0.3) is 0 Å². The zero-order valence-corrected chi connectivity index (χ0v) is 2.12. The molecule has 1 saturated heterocycles. The molecular formula is H3BaNO4. The van der Waals surface area contributed by atoms with Crippen LogP contribution < -0.4 is 0 Å². The molecule has 6 heteroatoms. The minimum atomic E-state index is -2.00. The van der Waals surface area contributed by atoms with E-state index in [1.165, 1.54) is 0 Å². The molecule has 34 valence electrons. The fourth-order valence-corrected chi connectivity index (χ4v) is 0.0285. The summed E-state index contributed by atoms with van der Waals surface area (Å²) in [4.78, 5) is 6.67. The Hall–Kier alpha value is 1.37. The van der Waals surface area contributed by atoms with Crippen molar-refractivity contribution < 1.29 is 20.3 Å². The van der Waals surface area contributed by atoms with Gasteiger partial charge >= 0.3 is 48.9 Å². The molecule has 1 aliphatic rings.